The summed E-state index contributed by atoms with van der Waals surface area (Å²) in [7, 11) is 0. The van der Waals surface area contributed by atoms with Gasteiger partial charge in [0.25, 0.3) is 0 Å². The Balaban J connectivity index is 2.44. The molecular weight excluding hydrogens is 186 g/mol. The highest BCUT2D eigenvalue weighted by atomic mass is 32.1. The number of nitrogens with one attached hydrogen (secondary N) is 1. The largest absolute Gasteiger partial charge is 0.302 e. The van der Waals surface area contributed by atoms with E-state index in [4.69, 9.17) is 0 Å². The van der Waals surface area contributed by atoms with Crippen molar-refractivity contribution in [2.24, 2.45) is 0 Å². The molecule has 0 bridgehead atoms. The molecule has 4 nitrogen and oxygen atoms in total. The van der Waals surface area contributed by atoms with Gasteiger partial charge < -0.3 is 5.32 Å². The molecule has 0 aliphatic heterocycles. The number of fused-ring (bicyclic) bond motifs is 1. The molecule has 2 aromatic rings. The number of carbonyl (C=O) groups is 1. The number of thiazole rings is 1. The first-order valence-electron chi connectivity index (χ1n) is 3.74. The predicted molar refractivity (Wildman–Crippen MR) is 51.7 cm³/mol. The molecule has 0 aliphatic carbocycles. The van der Waals surface area contributed by atoms with E-state index in [1.807, 2.05) is 6.07 Å². The average Bonchev–Trinajstić information content (AvgIpc) is 2.44. The summed E-state index contributed by atoms with van der Waals surface area (Å²) in [5.74, 6) is -0.105. The van der Waals surface area contributed by atoms with Gasteiger partial charge in [-0.25, -0.2) is 4.98 Å². The van der Waals surface area contributed by atoms with Gasteiger partial charge >= 0.3 is 0 Å². The lowest BCUT2D eigenvalue weighted by Gasteiger charge is -1.91. The molecular formula is C8H7N3OS. The van der Waals surface area contributed by atoms with Gasteiger partial charge in [0, 0.05) is 13.1 Å². The fourth-order valence-electron chi connectivity index (χ4n) is 0.984. The molecule has 2 heterocycles. The SMILES string of the molecule is CC(=O)Nc1nc2cnccc2s1. The highest BCUT2D eigenvalue weighted by Gasteiger charge is 2.03. The van der Waals surface area contributed by atoms with Crippen molar-refractivity contribution in [3.63, 3.8) is 0 Å². The number of rotatable bonds is 1. The molecule has 2 aromatic heterocycles. The minimum absolute atomic E-state index is 0.105. The summed E-state index contributed by atoms with van der Waals surface area (Å²) in [5.41, 5.74) is 0.816. The summed E-state index contributed by atoms with van der Waals surface area (Å²) in [5, 5.41) is 3.26. The summed E-state index contributed by atoms with van der Waals surface area (Å²) >= 11 is 1.44. The van der Waals surface area contributed by atoms with E-state index in [1.54, 1.807) is 12.4 Å². The first kappa shape index (κ1) is 8.12. The Bertz CT molecular complexity index is 418. The first-order chi connectivity index (χ1) is 6.25. The maximum atomic E-state index is 10.7. The number of pyridine rings is 1. The number of amides is 1. The van der Waals surface area contributed by atoms with Gasteiger partial charge in [0.2, 0.25) is 5.91 Å². The number of hydrogen-bond donors (Lipinski definition) is 1. The van der Waals surface area contributed by atoms with Crippen LogP contribution in [-0.4, -0.2) is 15.9 Å². The first-order valence-corrected chi connectivity index (χ1v) is 4.55. The van der Waals surface area contributed by atoms with Gasteiger partial charge in [0.15, 0.2) is 5.13 Å². The Morgan fingerprint density at radius 3 is 3.15 bits per heavy atom. The fourth-order valence-corrected chi connectivity index (χ4v) is 1.86. The van der Waals surface area contributed by atoms with Gasteiger partial charge in [-0.2, -0.15) is 0 Å². The summed E-state index contributed by atoms with van der Waals surface area (Å²) in [4.78, 5) is 18.8. The third kappa shape index (κ3) is 1.65. The van der Waals surface area contributed by atoms with Gasteiger partial charge in [0.05, 0.1) is 10.9 Å². The lowest BCUT2D eigenvalue weighted by atomic mass is 10.5. The highest BCUT2D eigenvalue weighted by Crippen LogP contribution is 2.24. The molecule has 1 amide bonds. The predicted octanol–water partition coefficient (Wildman–Crippen LogP) is 1.65. The van der Waals surface area contributed by atoms with Crippen LogP contribution in [0.5, 0.6) is 0 Å². The minimum atomic E-state index is -0.105. The molecule has 0 aliphatic rings. The summed E-state index contributed by atoms with van der Waals surface area (Å²) in [6.07, 6.45) is 3.38. The van der Waals surface area contributed by atoms with Crippen LogP contribution in [0.15, 0.2) is 18.5 Å². The third-order valence-corrected chi connectivity index (χ3v) is 2.42. The maximum Gasteiger partial charge on any atom is 0.223 e. The molecule has 66 valence electrons. The van der Waals surface area contributed by atoms with E-state index in [2.05, 4.69) is 15.3 Å². The smallest absolute Gasteiger partial charge is 0.223 e. The second-order valence-corrected chi connectivity index (χ2v) is 3.57. The topological polar surface area (TPSA) is 54.9 Å². The number of anilines is 1. The monoisotopic (exact) mass is 193 g/mol. The van der Waals surface area contributed by atoms with Gasteiger partial charge in [0.1, 0.15) is 5.52 Å². The van der Waals surface area contributed by atoms with Gasteiger partial charge in [-0.1, -0.05) is 11.3 Å². The number of nitrogens with zero attached hydrogens (tertiary/aromatic N) is 2. The van der Waals surface area contributed by atoms with Crippen LogP contribution in [0, 0.1) is 0 Å². The van der Waals surface area contributed by atoms with Crippen molar-refractivity contribution in [1.82, 2.24) is 9.97 Å². The number of hydrogen-bond acceptors (Lipinski definition) is 4. The lowest BCUT2D eigenvalue weighted by molar-refractivity contribution is -0.114. The Morgan fingerprint density at radius 2 is 2.46 bits per heavy atom. The van der Waals surface area contributed by atoms with Crippen molar-refractivity contribution in [2.75, 3.05) is 5.32 Å². The summed E-state index contributed by atoms with van der Waals surface area (Å²) < 4.78 is 1.03. The highest BCUT2D eigenvalue weighted by molar-refractivity contribution is 7.22. The lowest BCUT2D eigenvalue weighted by Crippen LogP contribution is -2.04. The van der Waals surface area contributed by atoms with Crippen molar-refractivity contribution < 1.29 is 4.79 Å². The fraction of sp³-hybridized carbons (Fsp3) is 0.125. The van der Waals surface area contributed by atoms with Crippen molar-refractivity contribution in [2.45, 2.75) is 6.92 Å². The van der Waals surface area contributed by atoms with Crippen LogP contribution in [0.3, 0.4) is 0 Å². The Kier molecular flexibility index (Phi) is 1.94. The van der Waals surface area contributed by atoms with Crippen molar-refractivity contribution in [3.05, 3.63) is 18.5 Å². The minimum Gasteiger partial charge on any atom is -0.302 e. The quantitative estimate of drug-likeness (QED) is 0.749. The van der Waals surface area contributed by atoms with E-state index >= 15 is 0 Å². The molecule has 0 atom stereocenters. The van der Waals surface area contributed by atoms with Gasteiger partial charge in [-0.05, 0) is 6.07 Å². The zero-order valence-corrected chi connectivity index (χ0v) is 7.76. The summed E-state index contributed by atoms with van der Waals surface area (Å²) in [6.45, 7) is 1.46. The molecule has 0 saturated carbocycles. The van der Waals surface area contributed by atoms with Crippen LogP contribution in [0.25, 0.3) is 10.2 Å². The normalized spacial score (nSPS) is 10.2. The number of aromatic nitrogens is 2. The van der Waals surface area contributed by atoms with Crippen molar-refractivity contribution in [3.8, 4) is 0 Å². The molecule has 0 spiro atoms. The second-order valence-electron chi connectivity index (χ2n) is 2.54. The standard InChI is InChI=1S/C8H7N3OS/c1-5(12)10-8-11-6-4-9-3-2-7(6)13-8/h2-4H,1H3,(H,10,11,12). The molecule has 1 N–H and O–H groups in total. The molecule has 0 unspecified atom stereocenters. The van der Waals surface area contributed by atoms with E-state index in [0.29, 0.717) is 5.13 Å². The van der Waals surface area contributed by atoms with E-state index in [1.165, 1.54) is 18.3 Å². The van der Waals surface area contributed by atoms with E-state index < -0.39 is 0 Å². The van der Waals surface area contributed by atoms with Crippen LogP contribution in [0.4, 0.5) is 5.13 Å². The second kappa shape index (κ2) is 3.10. The van der Waals surface area contributed by atoms with Crippen molar-refractivity contribution >= 4 is 32.6 Å². The van der Waals surface area contributed by atoms with Gasteiger partial charge in [-0.3, -0.25) is 9.78 Å². The van der Waals surface area contributed by atoms with Crippen LogP contribution < -0.4 is 5.32 Å². The Hall–Kier alpha value is -1.49. The Labute approximate surface area is 78.6 Å². The Morgan fingerprint density at radius 1 is 1.62 bits per heavy atom. The average molecular weight is 193 g/mol. The zero-order valence-electron chi connectivity index (χ0n) is 6.94. The van der Waals surface area contributed by atoms with E-state index in [9.17, 15) is 4.79 Å². The van der Waals surface area contributed by atoms with Crippen molar-refractivity contribution in [1.29, 1.82) is 0 Å². The van der Waals surface area contributed by atoms with Crippen LogP contribution in [0.2, 0.25) is 0 Å². The van der Waals surface area contributed by atoms with E-state index in [0.717, 1.165) is 10.2 Å². The molecule has 0 fully saturated rings. The summed E-state index contributed by atoms with van der Waals surface area (Å²) in [6, 6.07) is 1.87. The number of carbonyl (C=O) groups excluding carboxylic acids is 1. The van der Waals surface area contributed by atoms with Crippen LogP contribution in [0.1, 0.15) is 6.92 Å². The van der Waals surface area contributed by atoms with Gasteiger partial charge in [-0.15, -0.1) is 0 Å². The van der Waals surface area contributed by atoms with Crippen LogP contribution >= 0.6 is 11.3 Å². The molecule has 2 rings (SSSR count). The maximum absolute atomic E-state index is 10.7. The van der Waals surface area contributed by atoms with E-state index in [-0.39, 0.29) is 5.91 Å². The molecule has 5 heteroatoms. The third-order valence-electron chi connectivity index (χ3n) is 1.47. The molecule has 0 radical (unpaired) electrons. The zero-order chi connectivity index (χ0) is 9.26. The molecule has 13 heavy (non-hydrogen) atoms. The molecule has 0 aromatic carbocycles. The molecule has 0 saturated heterocycles. The van der Waals surface area contributed by atoms with Crippen LogP contribution in [-0.2, 0) is 4.79 Å².